The van der Waals surface area contributed by atoms with Crippen LogP contribution in [0.4, 0.5) is 0 Å². The number of ether oxygens (including phenoxy) is 2. The van der Waals surface area contributed by atoms with E-state index in [1.165, 1.54) is 13.0 Å². The van der Waals surface area contributed by atoms with Crippen molar-refractivity contribution in [1.29, 1.82) is 0 Å². The molecule has 56 heavy (non-hydrogen) atoms. The summed E-state index contributed by atoms with van der Waals surface area (Å²) in [5.74, 6) is -2.97. The second-order valence-electron chi connectivity index (χ2n) is 15.6. The van der Waals surface area contributed by atoms with Crippen LogP contribution < -0.4 is 31.9 Å². The van der Waals surface area contributed by atoms with Crippen LogP contribution in [0.15, 0.2) is 25.3 Å². The Labute approximate surface area is 333 Å². The van der Waals surface area contributed by atoms with Crippen molar-refractivity contribution >= 4 is 41.4 Å². The minimum absolute atomic E-state index is 0.00267. The number of carboxylic acid groups (broad SMARTS) is 1. The Morgan fingerprint density at radius 3 is 1.30 bits per heavy atom. The van der Waals surface area contributed by atoms with Crippen molar-refractivity contribution < 1.29 is 48.1 Å². The highest BCUT2D eigenvalue weighted by molar-refractivity contribution is 5.83. The number of nitrogens with one attached hydrogen (secondary N) is 6. The van der Waals surface area contributed by atoms with Gasteiger partial charge in [-0.2, -0.15) is 0 Å². The third-order valence-corrected chi connectivity index (χ3v) is 8.30. The highest BCUT2D eigenvalue weighted by atomic mass is 16.5. The Morgan fingerprint density at radius 1 is 0.536 bits per heavy atom. The van der Waals surface area contributed by atoms with Crippen LogP contribution in [0.25, 0.3) is 0 Å². The molecule has 0 fully saturated rings. The van der Waals surface area contributed by atoms with Gasteiger partial charge in [-0.05, 0) is 37.5 Å². The fourth-order valence-electron chi connectivity index (χ4n) is 6.02. The lowest BCUT2D eigenvalue weighted by Crippen LogP contribution is -2.48. The third kappa shape index (κ3) is 27.3. The summed E-state index contributed by atoms with van der Waals surface area (Å²) in [5, 5.41) is 26.2. The summed E-state index contributed by atoms with van der Waals surface area (Å²) < 4.78 is 11.1. The van der Waals surface area contributed by atoms with Crippen LogP contribution in [0, 0.1) is 17.8 Å². The summed E-state index contributed by atoms with van der Waals surface area (Å²) in [5.41, 5.74) is 0. The topological polar surface area (TPSA) is 230 Å². The second-order valence-corrected chi connectivity index (χ2v) is 15.6. The second kappa shape index (κ2) is 29.0. The van der Waals surface area contributed by atoms with Gasteiger partial charge in [0.1, 0.15) is 0 Å². The zero-order valence-electron chi connectivity index (χ0n) is 34.9. The van der Waals surface area contributed by atoms with Crippen molar-refractivity contribution in [2.24, 2.45) is 17.8 Å². The van der Waals surface area contributed by atoms with E-state index in [1.54, 1.807) is 13.0 Å². The maximum absolute atomic E-state index is 13.3. The first-order valence-corrected chi connectivity index (χ1v) is 19.6. The van der Waals surface area contributed by atoms with Gasteiger partial charge in [-0.3, -0.25) is 33.6 Å². The van der Waals surface area contributed by atoms with Gasteiger partial charge in [-0.15, -0.1) is 13.2 Å². The maximum Gasteiger partial charge on any atom is 0.305 e. The average Bonchev–Trinajstić information content (AvgIpc) is 3.02. The highest BCUT2D eigenvalue weighted by Crippen LogP contribution is 2.12. The van der Waals surface area contributed by atoms with Crippen LogP contribution in [-0.2, 0) is 43.0 Å². The van der Waals surface area contributed by atoms with Crippen LogP contribution >= 0.6 is 0 Å². The van der Waals surface area contributed by atoms with Crippen molar-refractivity contribution in [3.05, 3.63) is 25.3 Å². The van der Waals surface area contributed by atoms with Crippen LogP contribution in [0.3, 0.4) is 0 Å². The molecule has 0 saturated heterocycles. The molecule has 0 spiro atoms. The SMILES string of the molecule is C=CCOC[C@@H](CC(=O)N[C@@H](CC(=O)O)CC(C)C)NC(=O)C[C@H](CC(C)C)NC(=O)C[C@H](C)NC(=O)C[C@H](COCC=C)NC(=O)C[C@@H](NC(C)=O)C(C)C. The summed E-state index contributed by atoms with van der Waals surface area (Å²) in [6.45, 7) is 22.3. The van der Waals surface area contributed by atoms with Gasteiger partial charge in [0.15, 0.2) is 0 Å². The minimum atomic E-state index is -1.03. The first kappa shape index (κ1) is 51.7. The normalized spacial score (nSPS) is 14.4. The molecule has 0 aromatic heterocycles. The standard InChI is InChI=1S/C40H70N6O10/c1-11-13-55-23-32(46-39(52)22-34(27(7)8)42-29(10)47)19-36(49)41-28(9)17-35(48)43-30(15-25(3)4)18-37(50)45-33(24-56-14-12-2)20-38(51)44-31(16-26(5)6)21-40(53)54/h11-12,25-28,30-34H,1-2,13-24H2,3-10H3,(H,41,49)(H,42,47)(H,43,48)(H,44,51)(H,45,50)(H,46,52)(H,53,54)/t28-,30-,31+,32+,33+,34+/m0/s1. The summed E-state index contributed by atoms with van der Waals surface area (Å²) in [6, 6.07) is -3.48. The zero-order chi connectivity index (χ0) is 42.8. The number of amides is 6. The quantitative estimate of drug-likeness (QED) is 0.0401. The van der Waals surface area contributed by atoms with Gasteiger partial charge < -0.3 is 46.5 Å². The third-order valence-electron chi connectivity index (χ3n) is 8.30. The average molecular weight is 795 g/mol. The molecule has 0 aromatic rings. The molecule has 6 amide bonds. The molecule has 16 heteroatoms. The highest BCUT2D eigenvalue weighted by Gasteiger charge is 2.26. The molecule has 0 saturated carbocycles. The number of hydrogen-bond donors (Lipinski definition) is 7. The number of carbonyl (C=O) groups is 7. The van der Waals surface area contributed by atoms with Crippen molar-refractivity contribution in [2.75, 3.05) is 26.4 Å². The molecule has 0 aliphatic rings. The predicted molar refractivity (Wildman–Crippen MR) is 214 cm³/mol. The molecule has 6 atom stereocenters. The molecular formula is C40H70N6O10. The maximum atomic E-state index is 13.3. The van der Waals surface area contributed by atoms with Crippen molar-refractivity contribution in [3.63, 3.8) is 0 Å². The Balaban J connectivity index is 5.45. The monoisotopic (exact) mass is 795 g/mol. The summed E-state index contributed by atoms with van der Waals surface area (Å²) in [7, 11) is 0. The van der Waals surface area contributed by atoms with Crippen LogP contribution in [-0.4, -0.2) is 109 Å². The summed E-state index contributed by atoms with van der Waals surface area (Å²) in [4.78, 5) is 88.2. The molecule has 0 aromatic carbocycles. The van der Waals surface area contributed by atoms with Gasteiger partial charge in [0.05, 0.1) is 44.9 Å². The van der Waals surface area contributed by atoms with Crippen LogP contribution in [0.1, 0.15) is 107 Å². The number of aliphatic carboxylic acids is 1. The molecule has 0 unspecified atom stereocenters. The lowest BCUT2D eigenvalue weighted by atomic mass is 9.99. The zero-order valence-corrected chi connectivity index (χ0v) is 34.9. The first-order valence-electron chi connectivity index (χ1n) is 19.6. The molecule has 0 rings (SSSR count). The molecule has 0 bridgehead atoms. The largest absolute Gasteiger partial charge is 0.481 e. The van der Waals surface area contributed by atoms with Gasteiger partial charge in [0, 0.05) is 63.2 Å². The van der Waals surface area contributed by atoms with Gasteiger partial charge >= 0.3 is 5.97 Å². The predicted octanol–water partition coefficient (Wildman–Crippen LogP) is 2.51. The number of carboxylic acids is 1. The lowest BCUT2D eigenvalue weighted by molar-refractivity contribution is -0.138. The van der Waals surface area contributed by atoms with E-state index < -0.39 is 53.9 Å². The van der Waals surface area contributed by atoms with Gasteiger partial charge in [0.25, 0.3) is 0 Å². The fraction of sp³-hybridized carbons (Fsp3) is 0.725. The Hall–Kier alpha value is -4.31. The van der Waals surface area contributed by atoms with Gasteiger partial charge in [0.2, 0.25) is 35.4 Å². The molecule has 0 aliphatic heterocycles. The molecule has 16 nitrogen and oxygen atoms in total. The smallest absolute Gasteiger partial charge is 0.305 e. The van der Waals surface area contributed by atoms with E-state index in [0.29, 0.717) is 12.8 Å². The Morgan fingerprint density at radius 2 is 0.911 bits per heavy atom. The summed E-state index contributed by atoms with van der Waals surface area (Å²) >= 11 is 0. The van der Waals surface area contributed by atoms with Gasteiger partial charge in [-0.1, -0.05) is 53.7 Å². The van der Waals surface area contributed by atoms with E-state index in [1.807, 2.05) is 41.5 Å². The molecular weight excluding hydrogens is 724 g/mol. The van der Waals surface area contributed by atoms with Crippen LogP contribution in [0.2, 0.25) is 0 Å². The van der Waals surface area contributed by atoms with E-state index in [9.17, 15) is 38.7 Å². The Kier molecular flexibility index (Phi) is 26.8. The van der Waals surface area contributed by atoms with Crippen molar-refractivity contribution in [3.8, 4) is 0 Å². The van der Waals surface area contributed by atoms with E-state index >= 15 is 0 Å². The molecule has 320 valence electrons. The van der Waals surface area contributed by atoms with E-state index in [0.717, 1.165) is 0 Å². The van der Waals surface area contributed by atoms with Crippen molar-refractivity contribution in [2.45, 2.75) is 143 Å². The van der Waals surface area contributed by atoms with E-state index in [2.05, 4.69) is 45.1 Å². The van der Waals surface area contributed by atoms with E-state index in [4.69, 9.17) is 9.47 Å². The first-order chi connectivity index (χ1) is 26.2. The molecule has 0 aliphatic carbocycles. The van der Waals surface area contributed by atoms with Crippen LogP contribution in [0.5, 0.6) is 0 Å². The molecule has 0 radical (unpaired) electrons. The number of hydrogen-bond acceptors (Lipinski definition) is 9. The molecule has 7 N–H and O–H groups in total. The Bertz CT molecular complexity index is 1270. The molecule has 0 heterocycles. The number of rotatable bonds is 31. The van der Waals surface area contributed by atoms with E-state index in [-0.39, 0.29) is 106 Å². The van der Waals surface area contributed by atoms with Crippen molar-refractivity contribution in [1.82, 2.24) is 31.9 Å². The fourth-order valence-corrected chi connectivity index (χ4v) is 6.02. The number of carbonyl (C=O) groups excluding carboxylic acids is 6. The lowest BCUT2D eigenvalue weighted by Gasteiger charge is -2.25. The summed E-state index contributed by atoms with van der Waals surface area (Å²) in [6.07, 6.45) is 3.43. The minimum Gasteiger partial charge on any atom is -0.481 e. The van der Waals surface area contributed by atoms with Gasteiger partial charge in [-0.25, -0.2) is 0 Å².